The minimum absolute atomic E-state index is 0.208. The molecule has 1 heterocycles. The maximum Gasteiger partial charge on any atom is 0.257 e. The Morgan fingerprint density at radius 1 is 1.08 bits per heavy atom. The Balaban J connectivity index is 1.68. The van der Waals surface area contributed by atoms with Gasteiger partial charge in [-0.15, -0.1) is 0 Å². The van der Waals surface area contributed by atoms with Crippen molar-refractivity contribution in [2.75, 3.05) is 10.6 Å². The summed E-state index contributed by atoms with van der Waals surface area (Å²) in [7, 11) is 0. The molecule has 0 radical (unpaired) electrons. The lowest BCUT2D eigenvalue weighted by atomic mass is 10.2. The van der Waals surface area contributed by atoms with Crippen LogP contribution in [0.2, 0.25) is 0 Å². The maximum absolute atomic E-state index is 12.3. The Morgan fingerprint density at radius 2 is 1.83 bits per heavy atom. The molecule has 1 aromatic heterocycles. The molecule has 24 heavy (non-hydrogen) atoms. The number of thiazole rings is 1. The number of anilines is 2. The fourth-order valence-electron chi connectivity index (χ4n) is 2.08. The predicted octanol–water partition coefficient (Wildman–Crippen LogP) is 3.40. The van der Waals surface area contributed by atoms with Crippen LogP contribution >= 0.6 is 11.3 Å². The molecule has 2 amide bonds. The number of hydrogen-bond acceptors (Lipinski definition) is 5. The first-order chi connectivity index (χ1) is 11.7. The molecule has 3 aromatic rings. The lowest BCUT2D eigenvalue weighted by Gasteiger charge is -2.05. The number of nitrogens with zero attached hydrogens (tertiary/aromatic N) is 2. The highest BCUT2D eigenvalue weighted by atomic mass is 32.1. The Hall–Kier alpha value is -3.24. The standard InChI is InChI=1S/C17H12N4O2S/c18-10-9-15(22)19-12-7-5-11(6-8-12)16(23)21-17-20-13-3-1-2-4-14(13)24-17/h1-8H,9H2,(H,19,22)(H,20,21,23). The Labute approximate surface area is 141 Å². The molecule has 0 bridgehead atoms. The van der Waals surface area contributed by atoms with Gasteiger partial charge in [-0.2, -0.15) is 5.26 Å². The van der Waals surface area contributed by atoms with Gasteiger partial charge in [0.2, 0.25) is 5.91 Å². The highest BCUT2D eigenvalue weighted by Gasteiger charge is 2.10. The number of nitrogens with one attached hydrogen (secondary N) is 2. The lowest BCUT2D eigenvalue weighted by molar-refractivity contribution is -0.115. The first kappa shape index (κ1) is 15.6. The Morgan fingerprint density at radius 3 is 2.54 bits per heavy atom. The molecule has 0 saturated carbocycles. The van der Waals surface area contributed by atoms with E-state index in [0.29, 0.717) is 16.4 Å². The van der Waals surface area contributed by atoms with Crippen LogP contribution in [0, 0.1) is 11.3 Å². The minimum Gasteiger partial charge on any atom is -0.325 e. The number of benzene rings is 2. The summed E-state index contributed by atoms with van der Waals surface area (Å²) in [5, 5.41) is 14.3. The van der Waals surface area contributed by atoms with Gasteiger partial charge in [-0.1, -0.05) is 23.5 Å². The molecule has 118 valence electrons. The largest absolute Gasteiger partial charge is 0.325 e. The minimum atomic E-state index is -0.385. The third-order valence-corrected chi connectivity index (χ3v) is 4.14. The van der Waals surface area contributed by atoms with Crippen molar-refractivity contribution in [3.05, 3.63) is 54.1 Å². The van der Waals surface area contributed by atoms with E-state index in [9.17, 15) is 9.59 Å². The number of carbonyl (C=O) groups is 2. The molecule has 2 aromatic carbocycles. The fraction of sp³-hybridized carbons (Fsp3) is 0.0588. The summed E-state index contributed by atoms with van der Waals surface area (Å²) in [6, 6.07) is 15.9. The molecule has 3 rings (SSSR count). The number of amides is 2. The lowest BCUT2D eigenvalue weighted by Crippen LogP contribution is -2.13. The molecular formula is C17H12N4O2S. The smallest absolute Gasteiger partial charge is 0.257 e. The van der Waals surface area contributed by atoms with Gasteiger partial charge in [0, 0.05) is 11.3 Å². The van der Waals surface area contributed by atoms with Crippen molar-refractivity contribution in [1.29, 1.82) is 5.26 Å². The topological polar surface area (TPSA) is 94.9 Å². The van der Waals surface area contributed by atoms with Gasteiger partial charge in [0.15, 0.2) is 5.13 Å². The quantitative estimate of drug-likeness (QED) is 0.763. The normalized spacial score (nSPS) is 10.1. The number of nitriles is 1. The second-order valence-electron chi connectivity index (χ2n) is 4.90. The Kier molecular flexibility index (Phi) is 4.50. The van der Waals surface area contributed by atoms with Crippen LogP contribution in [-0.2, 0) is 4.79 Å². The van der Waals surface area contributed by atoms with Crippen LogP contribution in [0.15, 0.2) is 48.5 Å². The number of fused-ring (bicyclic) bond motifs is 1. The van der Waals surface area contributed by atoms with Crippen LogP contribution < -0.4 is 10.6 Å². The molecule has 0 unspecified atom stereocenters. The van der Waals surface area contributed by atoms with Crippen LogP contribution in [0.1, 0.15) is 16.8 Å². The van der Waals surface area contributed by atoms with Gasteiger partial charge in [-0.3, -0.25) is 14.9 Å². The van der Waals surface area contributed by atoms with E-state index >= 15 is 0 Å². The van der Waals surface area contributed by atoms with Crippen LogP contribution in [0.25, 0.3) is 10.2 Å². The molecule has 0 fully saturated rings. The number of hydrogen-bond donors (Lipinski definition) is 2. The van der Waals surface area contributed by atoms with Gasteiger partial charge in [-0.25, -0.2) is 4.98 Å². The molecule has 0 saturated heterocycles. The van der Waals surface area contributed by atoms with E-state index in [1.54, 1.807) is 30.3 Å². The van der Waals surface area contributed by atoms with Crippen LogP contribution in [0.3, 0.4) is 0 Å². The zero-order chi connectivity index (χ0) is 16.9. The van der Waals surface area contributed by atoms with Gasteiger partial charge in [0.1, 0.15) is 6.42 Å². The molecule has 0 spiro atoms. The average Bonchev–Trinajstić information content (AvgIpc) is 2.97. The van der Waals surface area contributed by atoms with Crippen LogP contribution in [0.4, 0.5) is 10.8 Å². The summed E-state index contributed by atoms with van der Waals surface area (Å²) < 4.78 is 1.00. The third-order valence-electron chi connectivity index (χ3n) is 3.18. The summed E-state index contributed by atoms with van der Waals surface area (Å²) >= 11 is 1.41. The van der Waals surface area contributed by atoms with Crippen molar-refractivity contribution in [2.24, 2.45) is 0 Å². The number of para-hydroxylation sites is 1. The monoisotopic (exact) mass is 336 g/mol. The molecule has 2 N–H and O–H groups in total. The van der Waals surface area contributed by atoms with Crippen molar-refractivity contribution >= 4 is 44.2 Å². The number of carbonyl (C=O) groups excluding carboxylic acids is 2. The second-order valence-corrected chi connectivity index (χ2v) is 5.93. The van der Waals surface area contributed by atoms with E-state index in [4.69, 9.17) is 5.26 Å². The molecule has 0 aliphatic heterocycles. The van der Waals surface area contributed by atoms with E-state index in [0.717, 1.165) is 10.2 Å². The van der Waals surface area contributed by atoms with Crippen molar-refractivity contribution in [2.45, 2.75) is 6.42 Å². The third kappa shape index (κ3) is 3.56. The van der Waals surface area contributed by atoms with Gasteiger partial charge in [0.25, 0.3) is 5.91 Å². The first-order valence-corrected chi connectivity index (χ1v) is 7.91. The SMILES string of the molecule is N#CCC(=O)Nc1ccc(C(=O)Nc2nc3ccccc3s2)cc1. The first-order valence-electron chi connectivity index (χ1n) is 7.09. The Bertz CT molecular complexity index is 908. The second kappa shape index (κ2) is 6.89. The molecule has 6 nitrogen and oxygen atoms in total. The van der Waals surface area contributed by atoms with E-state index in [2.05, 4.69) is 15.6 Å². The van der Waals surface area contributed by atoms with Crippen molar-refractivity contribution in [3.8, 4) is 6.07 Å². The average molecular weight is 336 g/mol. The van der Waals surface area contributed by atoms with Gasteiger partial charge in [-0.05, 0) is 36.4 Å². The number of rotatable bonds is 4. The molecule has 7 heteroatoms. The molecular weight excluding hydrogens is 324 g/mol. The summed E-state index contributed by atoms with van der Waals surface area (Å²) in [6.45, 7) is 0. The zero-order valence-electron chi connectivity index (χ0n) is 12.4. The maximum atomic E-state index is 12.3. The van der Waals surface area contributed by atoms with Crippen molar-refractivity contribution < 1.29 is 9.59 Å². The van der Waals surface area contributed by atoms with E-state index in [-0.39, 0.29) is 18.2 Å². The number of aromatic nitrogens is 1. The highest BCUT2D eigenvalue weighted by Crippen LogP contribution is 2.25. The van der Waals surface area contributed by atoms with E-state index < -0.39 is 0 Å². The highest BCUT2D eigenvalue weighted by molar-refractivity contribution is 7.22. The van der Waals surface area contributed by atoms with Gasteiger partial charge < -0.3 is 5.32 Å². The summed E-state index contributed by atoms with van der Waals surface area (Å²) in [5.74, 6) is -0.659. The van der Waals surface area contributed by atoms with Crippen molar-refractivity contribution in [3.63, 3.8) is 0 Å². The van der Waals surface area contributed by atoms with E-state index in [1.165, 1.54) is 11.3 Å². The summed E-state index contributed by atoms with van der Waals surface area (Å²) in [4.78, 5) is 27.9. The fourth-order valence-corrected chi connectivity index (χ4v) is 2.94. The van der Waals surface area contributed by atoms with Gasteiger partial charge in [0.05, 0.1) is 16.3 Å². The molecule has 0 atom stereocenters. The summed E-state index contributed by atoms with van der Waals surface area (Å²) in [5.41, 5.74) is 1.83. The van der Waals surface area contributed by atoms with E-state index in [1.807, 2.05) is 24.3 Å². The zero-order valence-corrected chi connectivity index (χ0v) is 13.3. The van der Waals surface area contributed by atoms with Crippen LogP contribution in [-0.4, -0.2) is 16.8 Å². The molecule has 0 aliphatic rings. The van der Waals surface area contributed by atoms with Gasteiger partial charge >= 0.3 is 0 Å². The predicted molar refractivity (Wildman–Crippen MR) is 92.9 cm³/mol. The van der Waals surface area contributed by atoms with Crippen LogP contribution in [0.5, 0.6) is 0 Å². The van der Waals surface area contributed by atoms with Crippen molar-refractivity contribution in [1.82, 2.24) is 4.98 Å². The summed E-state index contributed by atoms with van der Waals surface area (Å²) in [6.07, 6.45) is -0.208. The molecule has 0 aliphatic carbocycles.